The number of likely N-dealkylation sites (tertiary alicyclic amines) is 1. The van der Waals surface area contributed by atoms with Gasteiger partial charge in [-0.1, -0.05) is 18.2 Å². The zero-order valence-corrected chi connectivity index (χ0v) is 13.1. The van der Waals surface area contributed by atoms with Crippen molar-refractivity contribution in [2.24, 2.45) is 5.92 Å². The number of benzene rings is 1. The van der Waals surface area contributed by atoms with E-state index in [1.807, 2.05) is 23.1 Å². The summed E-state index contributed by atoms with van der Waals surface area (Å²) in [6.45, 7) is 3.28. The number of piperidine rings is 1. The maximum atomic E-state index is 12.9. The normalized spacial score (nSPS) is 21.6. The molecule has 1 unspecified atom stereocenters. The summed E-state index contributed by atoms with van der Waals surface area (Å²) in [5.41, 5.74) is 2.30. The molecule has 1 saturated heterocycles. The van der Waals surface area contributed by atoms with Crippen LogP contribution in [-0.2, 0) is 16.0 Å². The molecule has 1 fully saturated rings. The Morgan fingerprint density at radius 1 is 1.18 bits per heavy atom. The van der Waals surface area contributed by atoms with Gasteiger partial charge in [0.2, 0.25) is 5.91 Å². The summed E-state index contributed by atoms with van der Waals surface area (Å²) in [6.07, 6.45) is 2.03. The smallest absolute Gasteiger partial charge is 0.409 e. The number of para-hydroxylation sites is 1. The molecular weight excluding hydrogens is 280 g/mol. The zero-order valence-electron chi connectivity index (χ0n) is 13.1. The topological polar surface area (TPSA) is 49.9 Å². The van der Waals surface area contributed by atoms with Crippen molar-refractivity contribution in [3.05, 3.63) is 29.8 Å². The molecule has 118 valence electrons. The number of rotatable bonds is 1. The van der Waals surface area contributed by atoms with Crippen molar-refractivity contribution in [2.45, 2.75) is 32.2 Å². The number of amides is 2. The first-order chi connectivity index (χ1) is 10.6. The van der Waals surface area contributed by atoms with Gasteiger partial charge >= 0.3 is 6.09 Å². The molecule has 0 radical (unpaired) electrons. The number of hydrogen-bond donors (Lipinski definition) is 0. The molecule has 0 saturated carbocycles. The van der Waals surface area contributed by atoms with Crippen molar-refractivity contribution >= 4 is 17.7 Å². The Hall–Kier alpha value is -2.04. The van der Waals surface area contributed by atoms with Crippen LogP contribution in [0.2, 0.25) is 0 Å². The molecule has 0 bridgehead atoms. The molecule has 5 heteroatoms. The van der Waals surface area contributed by atoms with Crippen LogP contribution in [-0.4, -0.2) is 43.1 Å². The van der Waals surface area contributed by atoms with Gasteiger partial charge in [-0.3, -0.25) is 4.79 Å². The van der Waals surface area contributed by atoms with Crippen LogP contribution in [0.1, 0.15) is 25.3 Å². The predicted octanol–water partition coefficient (Wildman–Crippen LogP) is 2.44. The minimum Gasteiger partial charge on any atom is -0.453 e. The van der Waals surface area contributed by atoms with Crippen LogP contribution in [0.3, 0.4) is 0 Å². The van der Waals surface area contributed by atoms with E-state index in [2.05, 4.69) is 13.0 Å². The maximum Gasteiger partial charge on any atom is 0.409 e. The number of nitrogens with zero attached hydrogens (tertiary/aromatic N) is 2. The van der Waals surface area contributed by atoms with Gasteiger partial charge in [0, 0.05) is 30.7 Å². The minimum atomic E-state index is -0.300. The summed E-state index contributed by atoms with van der Waals surface area (Å²) in [4.78, 5) is 28.1. The highest BCUT2D eigenvalue weighted by molar-refractivity contribution is 5.97. The van der Waals surface area contributed by atoms with Crippen molar-refractivity contribution < 1.29 is 14.3 Å². The van der Waals surface area contributed by atoms with Crippen LogP contribution in [0, 0.1) is 5.92 Å². The first-order valence-corrected chi connectivity index (χ1v) is 7.85. The predicted molar refractivity (Wildman–Crippen MR) is 83.8 cm³/mol. The highest BCUT2D eigenvalue weighted by atomic mass is 16.5. The van der Waals surface area contributed by atoms with E-state index in [9.17, 15) is 9.59 Å². The first-order valence-electron chi connectivity index (χ1n) is 7.85. The van der Waals surface area contributed by atoms with E-state index in [-0.39, 0.29) is 24.0 Å². The van der Waals surface area contributed by atoms with Crippen molar-refractivity contribution in [1.82, 2.24) is 4.90 Å². The van der Waals surface area contributed by atoms with E-state index in [0.29, 0.717) is 25.9 Å². The van der Waals surface area contributed by atoms with Crippen molar-refractivity contribution in [1.29, 1.82) is 0 Å². The summed E-state index contributed by atoms with van der Waals surface area (Å²) in [7, 11) is 1.39. The third-order valence-electron chi connectivity index (χ3n) is 4.72. The molecule has 1 aromatic rings. The SMILES string of the molecule is COC(=O)N1CCC(C(=O)N2c3ccccc3CC2C)CC1. The number of fused-ring (bicyclic) bond motifs is 1. The van der Waals surface area contributed by atoms with E-state index in [0.717, 1.165) is 12.1 Å². The summed E-state index contributed by atoms with van der Waals surface area (Å²) < 4.78 is 4.74. The summed E-state index contributed by atoms with van der Waals surface area (Å²) in [5, 5.41) is 0. The first kappa shape index (κ1) is 14.9. The Morgan fingerprint density at radius 2 is 1.86 bits per heavy atom. The number of methoxy groups -OCH3 is 1. The maximum absolute atomic E-state index is 12.9. The molecule has 2 aliphatic heterocycles. The quantitative estimate of drug-likeness (QED) is 0.800. The number of carbonyl (C=O) groups excluding carboxylic acids is 2. The lowest BCUT2D eigenvalue weighted by Crippen LogP contribution is -2.46. The van der Waals surface area contributed by atoms with Crippen LogP contribution < -0.4 is 4.90 Å². The Labute approximate surface area is 130 Å². The second-order valence-corrected chi connectivity index (χ2v) is 6.12. The van der Waals surface area contributed by atoms with Crippen LogP contribution >= 0.6 is 0 Å². The molecule has 1 atom stereocenters. The van der Waals surface area contributed by atoms with Crippen LogP contribution in [0.5, 0.6) is 0 Å². The second-order valence-electron chi connectivity index (χ2n) is 6.12. The van der Waals surface area contributed by atoms with Gasteiger partial charge in [-0.2, -0.15) is 0 Å². The van der Waals surface area contributed by atoms with Gasteiger partial charge in [-0.25, -0.2) is 4.79 Å². The molecule has 1 aromatic carbocycles. The largest absolute Gasteiger partial charge is 0.453 e. The lowest BCUT2D eigenvalue weighted by atomic mass is 9.95. The molecule has 22 heavy (non-hydrogen) atoms. The number of hydrogen-bond acceptors (Lipinski definition) is 3. The van der Waals surface area contributed by atoms with Gasteiger partial charge in [0.25, 0.3) is 0 Å². The average molecular weight is 302 g/mol. The lowest BCUT2D eigenvalue weighted by molar-refractivity contribution is -0.124. The molecule has 2 heterocycles. The zero-order chi connectivity index (χ0) is 15.7. The fourth-order valence-electron chi connectivity index (χ4n) is 3.54. The van der Waals surface area contributed by atoms with Crippen LogP contribution in [0.15, 0.2) is 24.3 Å². The minimum absolute atomic E-state index is 0.00508. The summed E-state index contributed by atoms with van der Waals surface area (Å²) in [5.74, 6) is 0.191. The third-order valence-corrected chi connectivity index (χ3v) is 4.72. The highest BCUT2D eigenvalue weighted by Gasteiger charge is 2.36. The molecule has 0 spiro atoms. The number of carbonyl (C=O) groups is 2. The van der Waals surface area contributed by atoms with Crippen molar-refractivity contribution in [2.75, 3.05) is 25.1 Å². The molecule has 2 aliphatic rings. The van der Waals surface area contributed by atoms with Crippen LogP contribution in [0.4, 0.5) is 10.5 Å². The Balaban J connectivity index is 1.69. The van der Waals surface area contributed by atoms with E-state index in [1.165, 1.54) is 12.7 Å². The summed E-state index contributed by atoms with van der Waals surface area (Å²) in [6, 6.07) is 8.34. The average Bonchev–Trinajstić information content (AvgIpc) is 2.89. The Kier molecular flexibility index (Phi) is 4.05. The van der Waals surface area contributed by atoms with E-state index >= 15 is 0 Å². The fraction of sp³-hybridized carbons (Fsp3) is 0.529. The molecular formula is C17H22N2O3. The second kappa shape index (κ2) is 5.99. The molecule has 3 rings (SSSR count). The fourth-order valence-corrected chi connectivity index (χ4v) is 3.54. The highest BCUT2D eigenvalue weighted by Crippen LogP contribution is 2.34. The van der Waals surface area contributed by atoms with Crippen molar-refractivity contribution in [3.8, 4) is 0 Å². The molecule has 0 aliphatic carbocycles. The van der Waals surface area contributed by atoms with Gasteiger partial charge in [-0.05, 0) is 37.8 Å². The van der Waals surface area contributed by atoms with Gasteiger partial charge in [-0.15, -0.1) is 0 Å². The lowest BCUT2D eigenvalue weighted by Gasteiger charge is -2.33. The van der Waals surface area contributed by atoms with Gasteiger partial charge in [0.1, 0.15) is 0 Å². The molecule has 0 aromatic heterocycles. The standard InChI is InChI=1S/C17H22N2O3/c1-12-11-14-5-3-4-6-15(14)19(12)16(20)13-7-9-18(10-8-13)17(21)22-2/h3-6,12-13H,7-11H2,1-2H3. The third kappa shape index (κ3) is 2.56. The number of ether oxygens (including phenoxy) is 1. The molecule has 2 amide bonds. The van der Waals surface area contributed by atoms with E-state index in [4.69, 9.17) is 4.74 Å². The number of anilines is 1. The van der Waals surface area contributed by atoms with E-state index < -0.39 is 0 Å². The Morgan fingerprint density at radius 3 is 2.55 bits per heavy atom. The summed E-state index contributed by atoms with van der Waals surface area (Å²) >= 11 is 0. The Bertz CT molecular complexity index is 579. The van der Waals surface area contributed by atoms with Crippen LogP contribution in [0.25, 0.3) is 0 Å². The van der Waals surface area contributed by atoms with Crippen molar-refractivity contribution in [3.63, 3.8) is 0 Å². The van der Waals surface area contributed by atoms with Gasteiger partial charge in [0.15, 0.2) is 0 Å². The molecule has 5 nitrogen and oxygen atoms in total. The monoisotopic (exact) mass is 302 g/mol. The van der Waals surface area contributed by atoms with Gasteiger partial charge < -0.3 is 14.5 Å². The van der Waals surface area contributed by atoms with E-state index in [1.54, 1.807) is 4.90 Å². The van der Waals surface area contributed by atoms with Gasteiger partial charge in [0.05, 0.1) is 7.11 Å². The molecule has 0 N–H and O–H groups in total.